The van der Waals surface area contributed by atoms with Crippen molar-refractivity contribution in [3.8, 4) is 5.75 Å². The second-order valence-corrected chi connectivity index (χ2v) is 7.44. The van der Waals surface area contributed by atoms with Crippen molar-refractivity contribution in [1.29, 1.82) is 5.41 Å². The van der Waals surface area contributed by atoms with Crippen molar-refractivity contribution in [2.24, 2.45) is 0 Å². The molecule has 7 nitrogen and oxygen atoms in total. The number of halogens is 1. The number of aromatic nitrogens is 3. The molecule has 4 rings (SSSR count). The summed E-state index contributed by atoms with van der Waals surface area (Å²) in [6.45, 7) is 0.844. The van der Waals surface area contributed by atoms with Gasteiger partial charge in [-0.25, -0.2) is 9.07 Å². The van der Waals surface area contributed by atoms with Gasteiger partial charge >= 0.3 is 0 Å². The zero-order chi connectivity index (χ0) is 21.1. The van der Waals surface area contributed by atoms with Crippen LogP contribution in [0.4, 0.5) is 21.7 Å². The average Bonchev–Trinajstić information content (AvgIpc) is 3.18. The monoisotopic (exact) mass is 408 g/mol. The molecular weight excluding hydrogens is 383 g/mol. The first-order valence-electron chi connectivity index (χ1n) is 9.95. The number of rotatable bonds is 7. The number of aryl methyl sites for hydroxylation is 1. The molecule has 1 unspecified atom stereocenters. The molecule has 1 aromatic heterocycles. The van der Waals surface area contributed by atoms with Crippen LogP contribution in [-0.4, -0.2) is 35.3 Å². The number of hydrogen-bond acceptors (Lipinski definition) is 5. The van der Waals surface area contributed by atoms with E-state index >= 15 is 0 Å². The van der Waals surface area contributed by atoms with Gasteiger partial charge in [0.2, 0.25) is 5.95 Å². The van der Waals surface area contributed by atoms with E-state index in [-0.39, 0.29) is 11.7 Å². The standard InChI is InChI=1S/C22H25FN6O/c1-28(14-24)19-10-9-18(13-20(19)30-2)25-22-26-21-16(4-3-11-29(21)27-22)12-15-5-7-17(23)8-6-15/h5-10,13-14,16,24H,3-4,11-12H2,1-2H3,(H,25,27). The summed E-state index contributed by atoms with van der Waals surface area (Å²) in [5.41, 5.74) is 2.71. The first kappa shape index (κ1) is 19.9. The largest absolute Gasteiger partial charge is 0.494 e. The van der Waals surface area contributed by atoms with Crippen molar-refractivity contribution in [2.45, 2.75) is 31.7 Å². The maximum Gasteiger partial charge on any atom is 0.246 e. The van der Waals surface area contributed by atoms with E-state index in [1.807, 2.05) is 35.0 Å². The number of nitrogens with zero attached hydrogens (tertiary/aromatic N) is 4. The molecule has 2 N–H and O–H groups in total. The summed E-state index contributed by atoms with van der Waals surface area (Å²) in [7, 11) is 3.40. The summed E-state index contributed by atoms with van der Waals surface area (Å²) in [4.78, 5) is 6.43. The molecule has 0 spiro atoms. The van der Waals surface area contributed by atoms with Crippen molar-refractivity contribution >= 4 is 23.7 Å². The van der Waals surface area contributed by atoms with Gasteiger partial charge < -0.3 is 15.0 Å². The molecule has 30 heavy (non-hydrogen) atoms. The molecule has 2 heterocycles. The molecular formula is C22H25FN6O. The van der Waals surface area contributed by atoms with Gasteiger partial charge in [0.15, 0.2) is 0 Å². The highest BCUT2D eigenvalue weighted by Crippen LogP contribution is 2.33. The van der Waals surface area contributed by atoms with Gasteiger partial charge in [-0.15, -0.1) is 5.10 Å². The smallest absolute Gasteiger partial charge is 0.246 e. The lowest BCUT2D eigenvalue weighted by Crippen LogP contribution is -2.18. The van der Waals surface area contributed by atoms with Crippen LogP contribution in [0.2, 0.25) is 0 Å². The van der Waals surface area contributed by atoms with Crippen molar-refractivity contribution in [3.63, 3.8) is 0 Å². The third-order valence-electron chi connectivity index (χ3n) is 5.39. The van der Waals surface area contributed by atoms with E-state index < -0.39 is 0 Å². The van der Waals surface area contributed by atoms with Crippen molar-refractivity contribution in [3.05, 3.63) is 59.7 Å². The Morgan fingerprint density at radius 2 is 2.10 bits per heavy atom. The van der Waals surface area contributed by atoms with Crippen LogP contribution >= 0.6 is 0 Å². The van der Waals surface area contributed by atoms with Gasteiger partial charge in [-0.3, -0.25) is 5.41 Å². The predicted octanol–water partition coefficient (Wildman–Crippen LogP) is 4.33. The molecule has 156 valence electrons. The summed E-state index contributed by atoms with van der Waals surface area (Å²) in [6, 6.07) is 12.3. The van der Waals surface area contributed by atoms with E-state index in [0.717, 1.165) is 48.6 Å². The SMILES string of the molecule is COc1cc(Nc2nc3n(n2)CCCC3Cc2ccc(F)cc2)ccc1N(C)C=N. The Balaban J connectivity index is 1.54. The third-order valence-corrected chi connectivity index (χ3v) is 5.39. The Morgan fingerprint density at radius 1 is 1.30 bits per heavy atom. The zero-order valence-electron chi connectivity index (χ0n) is 17.1. The van der Waals surface area contributed by atoms with Crippen LogP contribution < -0.4 is 15.0 Å². The fraction of sp³-hybridized carbons (Fsp3) is 0.318. The summed E-state index contributed by atoms with van der Waals surface area (Å²) in [5.74, 6) is 2.20. The number of fused-ring (bicyclic) bond motifs is 1. The van der Waals surface area contributed by atoms with Crippen molar-refractivity contribution in [1.82, 2.24) is 14.8 Å². The number of nitrogens with one attached hydrogen (secondary N) is 2. The van der Waals surface area contributed by atoms with Crippen molar-refractivity contribution in [2.75, 3.05) is 24.4 Å². The lowest BCUT2D eigenvalue weighted by Gasteiger charge is -2.21. The Kier molecular flexibility index (Phi) is 5.65. The molecule has 0 saturated carbocycles. The highest BCUT2D eigenvalue weighted by atomic mass is 19.1. The molecule has 1 atom stereocenters. The van der Waals surface area contributed by atoms with Gasteiger partial charge in [-0.1, -0.05) is 12.1 Å². The number of ether oxygens (including phenoxy) is 1. The minimum Gasteiger partial charge on any atom is -0.494 e. The minimum atomic E-state index is -0.217. The maximum atomic E-state index is 13.2. The number of anilines is 3. The van der Waals surface area contributed by atoms with E-state index in [0.29, 0.717) is 11.7 Å². The van der Waals surface area contributed by atoms with E-state index in [1.54, 1.807) is 19.1 Å². The quantitative estimate of drug-likeness (QED) is 0.449. The second kappa shape index (κ2) is 8.52. The summed E-state index contributed by atoms with van der Waals surface area (Å²) in [5, 5.41) is 15.3. The van der Waals surface area contributed by atoms with Crippen LogP contribution in [-0.2, 0) is 13.0 Å². The lowest BCUT2D eigenvalue weighted by molar-refractivity contribution is 0.413. The normalized spacial score (nSPS) is 15.4. The van der Waals surface area contributed by atoms with E-state index in [2.05, 4.69) is 10.4 Å². The zero-order valence-corrected chi connectivity index (χ0v) is 17.1. The van der Waals surface area contributed by atoms with E-state index in [1.165, 1.54) is 18.5 Å². The van der Waals surface area contributed by atoms with Crippen LogP contribution in [0.3, 0.4) is 0 Å². The minimum absolute atomic E-state index is 0.217. The highest BCUT2D eigenvalue weighted by Gasteiger charge is 2.25. The van der Waals surface area contributed by atoms with Crippen LogP contribution in [0.5, 0.6) is 5.75 Å². The Labute approximate surface area is 175 Å². The van der Waals surface area contributed by atoms with E-state index in [9.17, 15) is 4.39 Å². The van der Waals surface area contributed by atoms with Gasteiger partial charge in [0.25, 0.3) is 0 Å². The molecule has 0 bridgehead atoms. The van der Waals surface area contributed by atoms with Crippen molar-refractivity contribution < 1.29 is 9.13 Å². The molecule has 0 fully saturated rings. The Morgan fingerprint density at radius 3 is 2.83 bits per heavy atom. The van der Waals surface area contributed by atoms with E-state index in [4.69, 9.17) is 15.1 Å². The third kappa shape index (κ3) is 4.12. The number of hydrogen-bond donors (Lipinski definition) is 2. The molecule has 2 aromatic carbocycles. The summed E-state index contributed by atoms with van der Waals surface area (Å²) >= 11 is 0. The Hall–Kier alpha value is -3.42. The Bertz CT molecular complexity index is 1030. The van der Waals surface area contributed by atoms with Crippen LogP contribution in [0.15, 0.2) is 42.5 Å². The topological polar surface area (TPSA) is 79.1 Å². The predicted molar refractivity (Wildman–Crippen MR) is 116 cm³/mol. The van der Waals surface area contributed by atoms with Crippen LogP contribution in [0, 0.1) is 11.2 Å². The average molecular weight is 408 g/mol. The molecule has 8 heteroatoms. The van der Waals surface area contributed by atoms with Crippen LogP contribution in [0.25, 0.3) is 0 Å². The summed E-state index contributed by atoms with van der Waals surface area (Å²) in [6.07, 6.45) is 4.13. The lowest BCUT2D eigenvalue weighted by atomic mass is 9.92. The summed E-state index contributed by atoms with van der Waals surface area (Å²) < 4.78 is 20.6. The van der Waals surface area contributed by atoms with Gasteiger partial charge in [-0.05, 0) is 49.1 Å². The van der Waals surface area contributed by atoms with Gasteiger partial charge in [0.05, 0.1) is 19.1 Å². The molecule has 0 aliphatic carbocycles. The fourth-order valence-electron chi connectivity index (χ4n) is 3.83. The van der Waals surface area contributed by atoms with Gasteiger partial charge in [0, 0.05) is 31.3 Å². The van der Waals surface area contributed by atoms with Gasteiger partial charge in [-0.2, -0.15) is 4.98 Å². The van der Waals surface area contributed by atoms with Gasteiger partial charge in [0.1, 0.15) is 17.4 Å². The second-order valence-electron chi connectivity index (χ2n) is 7.44. The molecule has 0 amide bonds. The first-order valence-corrected chi connectivity index (χ1v) is 9.95. The molecule has 1 aliphatic heterocycles. The molecule has 1 aliphatic rings. The first-order chi connectivity index (χ1) is 14.6. The number of benzene rings is 2. The fourth-order valence-corrected chi connectivity index (χ4v) is 3.83. The molecule has 0 radical (unpaired) electrons. The van der Waals surface area contributed by atoms with Crippen LogP contribution in [0.1, 0.15) is 30.1 Å². The number of methoxy groups -OCH3 is 1. The maximum absolute atomic E-state index is 13.2. The molecule has 3 aromatic rings. The molecule has 0 saturated heterocycles. The highest BCUT2D eigenvalue weighted by molar-refractivity contribution is 5.81.